The number of aromatic nitrogens is 1. The van der Waals surface area contributed by atoms with Crippen molar-refractivity contribution in [2.45, 2.75) is 25.7 Å². The van der Waals surface area contributed by atoms with Crippen molar-refractivity contribution in [1.82, 2.24) is 14.8 Å². The third kappa shape index (κ3) is 2.80. The topological polar surface area (TPSA) is 69.6 Å². The summed E-state index contributed by atoms with van der Waals surface area (Å²) >= 11 is 0. The van der Waals surface area contributed by atoms with Gasteiger partial charge < -0.3 is 19.2 Å². The standard InChI is InChI=1S/C22H23N3O3/c26-21(24-10-12-25(13-11-24)22(27)19-9-4-14-28-19)17-7-3-6-16-15-5-1-2-8-18(15)23-20(16)17/h3-4,6-7,9,14,23H,1-2,5,8,10-13H2. The smallest absolute Gasteiger partial charge is 0.289 e. The molecule has 6 nitrogen and oxygen atoms in total. The van der Waals surface area contributed by atoms with Crippen LogP contribution in [0.5, 0.6) is 0 Å². The first-order valence-electron chi connectivity index (χ1n) is 9.97. The summed E-state index contributed by atoms with van der Waals surface area (Å²) < 4.78 is 5.20. The van der Waals surface area contributed by atoms with Crippen LogP contribution in [0.25, 0.3) is 10.9 Å². The lowest BCUT2D eigenvalue weighted by molar-refractivity contribution is 0.0519. The monoisotopic (exact) mass is 377 g/mol. The van der Waals surface area contributed by atoms with E-state index in [1.165, 1.54) is 35.7 Å². The van der Waals surface area contributed by atoms with Gasteiger partial charge in [0.05, 0.1) is 17.3 Å². The van der Waals surface area contributed by atoms with E-state index in [-0.39, 0.29) is 11.8 Å². The lowest BCUT2D eigenvalue weighted by Gasteiger charge is -2.34. The van der Waals surface area contributed by atoms with E-state index in [0.717, 1.165) is 23.9 Å². The van der Waals surface area contributed by atoms with E-state index in [1.807, 2.05) is 17.0 Å². The van der Waals surface area contributed by atoms with Gasteiger partial charge in [-0.25, -0.2) is 0 Å². The number of benzene rings is 1. The summed E-state index contributed by atoms with van der Waals surface area (Å²) in [6, 6.07) is 9.39. The van der Waals surface area contributed by atoms with Gasteiger partial charge in [-0.1, -0.05) is 12.1 Å². The number of carbonyl (C=O) groups is 2. The summed E-state index contributed by atoms with van der Waals surface area (Å²) in [4.78, 5) is 32.8. The van der Waals surface area contributed by atoms with Crippen molar-refractivity contribution in [2.75, 3.05) is 26.2 Å². The number of nitrogens with one attached hydrogen (secondary N) is 1. The fourth-order valence-electron chi connectivity index (χ4n) is 4.45. The van der Waals surface area contributed by atoms with Gasteiger partial charge >= 0.3 is 0 Å². The summed E-state index contributed by atoms with van der Waals surface area (Å²) in [5, 5.41) is 1.19. The maximum Gasteiger partial charge on any atom is 0.289 e. The van der Waals surface area contributed by atoms with Crippen LogP contribution in [0.3, 0.4) is 0 Å². The van der Waals surface area contributed by atoms with Crippen molar-refractivity contribution >= 4 is 22.7 Å². The minimum absolute atomic E-state index is 0.0364. The van der Waals surface area contributed by atoms with Crippen LogP contribution in [0, 0.1) is 0 Å². The molecule has 5 rings (SSSR count). The number of hydrogen-bond acceptors (Lipinski definition) is 3. The minimum Gasteiger partial charge on any atom is -0.459 e. The first kappa shape index (κ1) is 17.1. The number of para-hydroxylation sites is 1. The third-order valence-corrected chi connectivity index (χ3v) is 5.95. The maximum atomic E-state index is 13.2. The first-order valence-corrected chi connectivity index (χ1v) is 9.97. The molecule has 144 valence electrons. The van der Waals surface area contributed by atoms with Gasteiger partial charge in [-0.05, 0) is 49.4 Å². The average Bonchev–Trinajstić information content (AvgIpc) is 3.40. The molecular weight excluding hydrogens is 354 g/mol. The van der Waals surface area contributed by atoms with E-state index in [4.69, 9.17) is 4.42 Å². The van der Waals surface area contributed by atoms with Gasteiger partial charge in [0.2, 0.25) is 0 Å². The number of H-pyrrole nitrogens is 1. The number of amides is 2. The van der Waals surface area contributed by atoms with Crippen molar-refractivity contribution in [2.24, 2.45) is 0 Å². The molecular formula is C22H23N3O3. The fourth-order valence-corrected chi connectivity index (χ4v) is 4.45. The third-order valence-electron chi connectivity index (χ3n) is 5.95. The highest BCUT2D eigenvalue weighted by atomic mass is 16.3. The molecule has 0 spiro atoms. The number of aryl methyl sites for hydroxylation is 2. The second kappa shape index (κ2) is 6.86. The zero-order valence-corrected chi connectivity index (χ0v) is 15.7. The van der Waals surface area contributed by atoms with E-state index >= 15 is 0 Å². The summed E-state index contributed by atoms with van der Waals surface area (Å²) in [5.74, 6) is 0.270. The predicted octanol–water partition coefficient (Wildman–Crippen LogP) is 3.24. The van der Waals surface area contributed by atoms with E-state index in [9.17, 15) is 9.59 Å². The Morgan fingerprint density at radius 3 is 2.39 bits per heavy atom. The Bertz CT molecular complexity index is 1030. The van der Waals surface area contributed by atoms with Crippen LogP contribution in [0.1, 0.15) is 45.0 Å². The summed E-state index contributed by atoms with van der Waals surface area (Å²) in [7, 11) is 0. The number of furan rings is 1. The molecule has 2 aliphatic rings. The van der Waals surface area contributed by atoms with Crippen molar-refractivity contribution in [3.05, 3.63) is 59.2 Å². The van der Waals surface area contributed by atoms with Crippen LogP contribution in [-0.4, -0.2) is 52.8 Å². The number of rotatable bonds is 2. The number of carbonyl (C=O) groups excluding carboxylic acids is 2. The predicted molar refractivity (Wildman–Crippen MR) is 105 cm³/mol. The maximum absolute atomic E-state index is 13.2. The van der Waals surface area contributed by atoms with Crippen LogP contribution in [0.15, 0.2) is 41.0 Å². The SMILES string of the molecule is O=C(c1ccco1)N1CCN(C(=O)c2cccc3c4c([nH]c23)CCCC4)CC1. The lowest BCUT2D eigenvalue weighted by atomic mass is 9.95. The highest BCUT2D eigenvalue weighted by Gasteiger charge is 2.28. The molecule has 6 heteroatoms. The van der Waals surface area contributed by atoms with Gasteiger partial charge in [-0.15, -0.1) is 0 Å². The van der Waals surface area contributed by atoms with Gasteiger partial charge in [0.1, 0.15) is 0 Å². The molecule has 1 aromatic carbocycles. The highest BCUT2D eigenvalue weighted by Crippen LogP contribution is 2.31. The van der Waals surface area contributed by atoms with Crippen LogP contribution in [0.4, 0.5) is 0 Å². The fraction of sp³-hybridized carbons (Fsp3) is 0.364. The van der Waals surface area contributed by atoms with E-state index < -0.39 is 0 Å². The van der Waals surface area contributed by atoms with Crippen molar-refractivity contribution in [1.29, 1.82) is 0 Å². The van der Waals surface area contributed by atoms with Gasteiger partial charge in [0.15, 0.2) is 5.76 Å². The molecule has 2 aromatic heterocycles. The highest BCUT2D eigenvalue weighted by molar-refractivity contribution is 6.07. The van der Waals surface area contributed by atoms with Crippen LogP contribution in [-0.2, 0) is 12.8 Å². The Morgan fingerprint density at radius 1 is 0.893 bits per heavy atom. The summed E-state index contributed by atoms with van der Waals surface area (Å²) in [6.07, 6.45) is 6.06. The molecule has 2 amide bonds. The van der Waals surface area contributed by atoms with Crippen LogP contribution >= 0.6 is 0 Å². The number of fused-ring (bicyclic) bond motifs is 3. The zero-order valence-electron chi connectivity index (χ0n) is 15.7. The Morgan fingerprint density at radius 2 is 1.64 bits per heavy atom. The molecule has 0 atom stereocenters. The number of aromatic amines is 1. The molecule has 0 bridgehead atoms. The number of hydrogen-bond donors (Lipinski definition) is 1. The normalized spacial score (nSPS) is 17.0. The molecule has 0 saturated carbocycles. The molecule has 3 heterocycles. The van der Waals surface area contributed by atoms with Gasteiger partial charge in [0, 0.05) is 37.3 Å². The number of nitrogens with zero attached hydrogens (tertiary/aromatic N) is 2. The Kier molecular flexibility index (Phi) is 4.19. The molecule has 1 fully saturated rings. The first-order chi connectivity index (χ1) is 13.7. The molecule has 1 aliphatic heterocycles. The second-order valence-electron chi connectivity index (χ2n) is 7.58. The summed E-state index contributed by atoms with van der Waals surface area (Å²) in [6.45, 7) is 2.09. The molecule has 0 unspecified atom stereocenters. The van der Waals surface area contributed by atoms with E-state index in [0.29, 0.717) is 31.9 Å². The van der Waals surface area contributed by atoms with Crippen molar-refractivity contribution in [3.63, 3.8) is 0 Å². The zero-order chi connectivity index (χ0) is 19.1. The largest absolute Gasteiger partial charge is 0.459 e. The van der Waals surface area contributed by atoms with Gasteiger partial charge in [-0.2, -0.15) is 0 Å². The molecule has 28 heavy (non-hydrogen) atoms. The van der Waals surface area contributed by atoms with Gasteiger partial charge in [-0.3, -0.25) is 9.59 Å². The Balaban J connectivity index is 1.35. The minimum atomic E-state index is -0.115. The number of piperazine rings is 1. The Labute approximate surface area is 163 Å². The molecule has 0 radical (unpaired) electrons. The Hall–Kier alpha value is -3.02. The molecule has 1 saturated heterocycles. The van der Waals surface area contributed by atoms with Crippen LogP contribution in [0.2, 0.25) is 0 Å². The van der Waals surface area contributed by atoms with Crippen LogP contribution < -0.4 is 0 Å². The molecule has 3 aromatic rings. The van der Waals surface area contributed by atoms with E-state index in [1.54, 1.807) is 17.0 Å². The lowest BCUT2D eigenvalue weighted by Crippen LogP contribution is -2.50. The second-order valence-corrected chi connectivity index (χ2v) is 7.58. The van der Waals surface area contributed by atoms with Crippen molar-refractivity contribution in [3.8, 4) is 0 Å². The average molecular weight is 377 g/mol. The van der Waals surface area contributed by atoms with Gasteiger partial charge in [0.25, 0.3) is 11.8 Å². The van der Waals surface area contributed by atoms with E-state index in [2.05, 4.69) is 11.1 Å². The quantitative estimate of drug-likeness (QED) is 0.745. The summed E-state index contributed by atoms with van der Waals surface area (Å²) in [5.41, 5.74) is 4.37. The molecule has 1 aliphatic carbocycles. The van der Waals surface area contributed by atoms with Crippen molar-refractivity contribution < 1.29 is 14.0 Å². The molecule has 1 N–H and O–H groups in total.